The molecule has 0 spiro atoms. The number of benzene rings is 1. The Morgan fingerprint density at radius 1 is 1.17 bits per heavy atom. The van der Waals surface area contributed by atoms with Crippen LogP contribution < -0.4 is 5.32 Å². The predicted molar refractivity (Wildman–Crippen MR) is 97.2 cm³/mol. The number of carbonyl (C=O) groups excluding carboxylic acids is 1. The van der Waals surface area contributed by atoms with E-state index in [0.29, 0.717) is 12.0 Å². The summed E-state index contributed by atoms with van der Waals surface area (Å²) in [5.74, 6) is 0.666. The number of piperidine rings is 2. The highest BCUT2D eigenvalue weighted by Gasteiger charge is 2.33. The number of aromatic nitrogens is 1. The Labute approximate surface area is 143 Å². The molecular weight excluding hydrogens is 298 g/mol. The number of aryl methyl sites for hydroxylation is 1. The van der Waals surface area contributed by atoms with Gasteiger partial charge >= 0.3 is 0 Å². The van der Waals surface area contributed by atoms with Gasteiger partial charge in [0.05, 0.1) is 0 Å². The quantitative estimate of drug-likeness (QED) is 0.941. The maximum absolute atomic E-state index is 12.7. The van der Waals surface area contributed by atoms with Gasteiger partial charge in [-0.05, 0) is 56.8 Å². The number of hydrogen-bond acceptors (Lipinski definition) is 2. The van der Waals surface area contributed by atoms with Crippen molar-refractivity contribution in [1.82, 2.24) is 14.8 Å². The van der Waals surface area contributed by atoms with E-state index in [4.69, 9.17) is 0 Å². The van der Waals surface area contributed by atoms with Gasteiger partial charge in [-0.3, -0.25) is 4.79 Å². The number of rotatable bonds is 3. The number of hydrogen-bond donors (Lipinski definition) is 1. The van der Waals surface area contributed by atoms with Crippen molar-refractivity contribution in [1.29, 1.82) is 0 Å². The minimum atomic E-state index is 0.0571. The minimum Gasteiger partial charge on any atom is -0.350 e. The minimum absolute atomic E-state index is 0.0571. The van der Waals surface area contributed by atoms with Crippen molar-refractivity contribution in [2.75, 3.05) is 19.6 Å². The molecule has 0 aliphatic carbocycles. The molecule has 2 aliphatic rings. The van der Waals surface area contributed by atoms with E-state index in [9.17, 15) is 4.79 Å². The van der Waals surface area contributed by atoms with Gasteiger partial charge in [-0.1, -0.05) is 24.6 Å². The van der Waals surface area contributed by atoms with Gasteiger partial charge in [-0.2, -0.15) is 0 Å². The lowest BCUT2D eigenvalue weighted by Gasteiger charge is -2.44. The highest BCUT2D eigenvalue weighted by atomic mass is 16.1. The first-order chi connectivity index (χ1) is 11.7. The van der Waals surface area contributed by atoms with Gasteiger partial charge in [0, 0.05) is 30.5 Å². The number of nitrogens with one attached hydrogen (secondary N) is 1. The molecule has 0 radical (unpaired) electrons. The third-order valence-electron chi connectivity index (χ3n) is 5.94. The van der Waals surface area contributed by atoms with Gasteiger partial charge in [0.2, 0.25) is 0 Å². The van der Waals surface area contributed by atoms with E-state index >= 15 is 0 Å². The number of nitrogens with zero attached hydrogens (tertiary/aromatic N) is 2. The second-order valence-corrected chi connectivity index (χ2v) is 7.36. The fourth-order valence-electron chi connectivity index (χ4n) is 4.64. The first-order valence-electron chi connectivity index (χ1n) is 9.31. The molecule has 1 amide bonds. The molecule has 1 aromatic heterocycles. The molecule has 1 aromatic carbocycles. The van der Waals surface area contributed by atoms with Crippen LogP contribution in [-0.2, 0) is 7.05 Å². The Kier molecular flexibility index (Phi) is 4.31. The molecule has 2 fully saturated rings. The summed E-state index contributed by atoms with van der Waals surface area (Å²) in [7, 11) is 1.97. The lowest BCUT2D eigenvalue weighted by Crippen LogP contribution is -2.51. The average molecular weight is 325 g/mol. The number of para-hydroxylation sites is 1. The summed E-state index contributed by atoms with van der Waals surface area (Å²) in [5.41, 5.74) is 1.87. The van der Waals surface area contributed by atoms with Gasteiger partial charge in [-0.15, -0.1) is 0 Å². The fourth-order valence-corrected chi connectivity index (χ4v) is 4.64. The van der Waals surface area contributed by atoms with Crippen molar-refractivity contribution in [2.24, 2.45) is 13.0 Å². The van der Waals surface area contributed by atoms with Crippen molar-refractivity contribution in [2.45, 2.75) is 38.1 Å². The molecule has 3 heterocycles. The van der Waals surface area contributed by atoms with Crippen molar-refractivity contribution in [3.05, 3.63) is 36.0 Å². The molecule has 0 unspecified atom stereocenters. The molecule has 0 saturated carbocycles. The summed E-state index contributed by atoms with van der Waals surface area (Å²) < 4.78 is 2.00. The Balaban J connectivity index is 1.44. The molecule has 2 saturated heterocycles. The summed E-state index contributed by atoms with van der Waals surface area (Å²) >= 11 is 0. The van der Waals surface area contributed by atoms with Crippen LogP contribution in [0, 0.1) is 5.92 Å². The smallest absolute Gasteiger partial charge is 0.267 e. The van der Waals surface area contributed by atoms with Gasteiger partial charge in [0.1, 0.15) is 5.69 Å². The number of amides is 1. The van der Waals surface area contributed by atoms with Crippen LogP contribution in [0.25, 0.3) is 10.9 Å². The lowest BCUT2D eigenvalue weighted by molar-refractivity contribution is 0.0574. The molecular formula is C20H27N3O. The number of carbonyl (C=O) groups is 1. The zero-order chi connectivity index (χ0) is 16.5. The Morgan fingerprint density at radius 3 is 2.88 bits per heavy atom. The number of fused-ring (bicyclic) bond motifs is 2. The second-order valence-electron chi connectivity index (χ2n) is 7.36. The predicted octanol–water partition coefficient (Wildman–Crippen LogP) is 3.17. The van der Waals surface area contributed by atoms with Crippen LogP contribution >= 0.6 is 0 Å². The third-order valence-corrected chi connectivity index (χ3v) is 5.94. The van der Waals surface area contributed by atoms with E-state index in [1.807, 2.05) is 29.8 Å². The van der Waals surface area contributed by atoms with Crippen LogP contribution in [0.5, 0.6) is 0 Å². The molecule has 2 atom stereocenters. The van der Waals surface area contributed by atoms with Crippen molar-refractivity contribution < 1.29 is 4.79 Å². The maximum Gasteiger partial charge on any atom is 0.267 e. The third kappa shape index (κ3) is 2.84. The van der Waals surface area contributed by atoms with Gasteiger partial charge in [0.25, 0.3) is 5.91 Å². The first kappa shape index (κ1) is 15.7. The molecule has 1 N–H and O–H groups in total. The van der Waals surface area contributed by atoms with E-state index in [1.54, 1.807) is 0 Å². The average Bonchev–Trinajstić information content (AvgIpc) is 2.97. The molecule has 2 aromatic rings. The second kappa shape index (κ2) is 6.60. The Morgan fingerprint density at radius 2 is 2.00 bits per heavy atom. The largest absolute Gasteiger partial charge is 0.350 e. The van der Waals surface area contributed by atoms with Crippen molar-refractivity contribution in [3.63, 3.8) is 0 Å². The summed E-state index contributed by atoms with van der Waals surface area (Å²) in [6.45, 7) is 3.30. The molecule has 4 rings (SSSR count). The highest BCUT2D eigenvalue weighted by molar-refractivity contribution is 5.98. The molecule has 2 aliphatic heterocycles. The fraction of sp³-hybridized carbons (Fsp3) is 0.550. The zero-order valence-electron chi connectivity index (χ0n) is 14.5. The summed E-state index contributed by atoms with van der Waals surface area (Å²) in [4.78, 5) is 15.3. The molecule has 4 nitrogen and oxygen atoms in total. The molecule has 128 valence electrons. The van der Waals surface area contributed by atoms with Crippen molar-refractivity contribution >= 4 is 16.8 Å². The summed E-state index contributed by atoms with van der Waals surface area (Å²) in [5, 5.41) is 4.34. The standard InChI is InChI=1S/C20H27N3O/c1-22-17-9-3-2-7-15(17)13-19(22)20(24)21-14-16-8-6-12-23-11-5-4-10-18(16)23/h2-3,7,9,13,16,18H,4-6,8,10-12,14H2,1H3,(H,21,24)/t16-,18+/m1/s1. The monoisotopic (exact) mass is 325 g/mol. The van der Waals surface area contributed by atoms with Crippen LogP contribution in [0.15, 0.2) is 30.3 Å². The molecule has 24 heavy (non-hydrogen) atoms. The van der Waals surface area contributed by atoms with E-state index in [0.717, 1.165) is 23.1 Å². The SMILES string of the molecule is Cn1c(C(=O)NC[C@H]2CCCN3CCCC[C@@H]23)cc2ccccc21. The highest BCUT2D eigenvalue weighted by Crippen LogP contribution is 2.30. The van der Waals surface area contributed by atoms with E-state index in [1.165, 1.54) is 45.2 Å². The van der Waals surface area contributed by atoms with Crippen LogP contribution in [0.2, 0.25) is 0 Å². The van der Waals surface area contributed by atoms with E-state index in [-0.39, 0.29) is 5.91 Å². The Bertz CT molecular complexity index is 734. The van der Waals surface area contributed by atoms with Gasteiger partial charge in [0.15, 0.2) is 0 Å². The Hall–Kier alpha value is -1.81. The summed E-state index contributed by atoms with van der Waals surface area (Å²) in [6, 6.07) is 10.8. The van der Waals surface area contributed by atoms with Gasteiger partial charge in [-0.25, -0.2) is 0 Å². The van der Waals surface area contributed by atoms with E-state index in [2.05, 4.69) is 22.3 Å². The lowest BCUT2D eigenvalue weighted by atomic mass is 9.83. The maximum atomic E-state index is 12.7. The van der Waals surface area contributed by atoms with Gasteiger partial charge < -0.3 is 14.8 Å². The van der Waals surface area contributed by atoms with Crippen molar-refractivity contribution in [3.8, 4) is 0 Å². The van der Waals surface area contributed by atoms with Crippen LogP contribution in [-0.4, -0.2) is 41.1 Å². The first-order valence-corrected chi connectivity index (χ1v) is 9.31. The molecule has 0 bridgehead atoms. The molecule has 4 heteroatoms. The van der Waals surface area contributed by atoms with Crippen LogP contribution in [0.4, 0.5) is 0 Å². The zero-order valence-corrected chi connectivity index (χ0v) is 14.5. The topological polar surface area (TPSA) is 37.3 Å². The normalized spacial score (nSPS) is 24.7. The van der Waals surface area contributed by atoms with Crippen LogP contribution in [0.1, 0.15) is 42.6 Å². The van der Waals surface area contributed by atoms with E-state index < -0.39 is 0 Å². The summed E-state index contributed by atoms with van der Waals surface area (Å²) in [6.07, 6.45) is 6.50. The van der Waals surface area contributed by atoms with Crippen LogP contribution in [0.3, 0.4) is 0 Å².